The van der Waals surface area contributed by atoms with Crippen molar-refractivity contribution >= 4 is 43.5 Å². The zero-order chi connectivity index (χ0) is 30.2. The number of carbonyl (C=O) groups excluding carboxylic acids is 2. The average Bonchev–Trinajstić information content (AvgIpc) is 2.95. The molecule has 0 aliphatic heterocycles. The van der Waals surface area contributed by atoms with Crippen molar-refractivity contribution in [3.05, 3.63) is 88.6 Å². The Labute approximate surface area is 249 Å². The summed E-state index contributed by atoms with van der Waals surface area (Å²) in [4.78, 5) is 28.3. The lowest BCUT2D eigenvalue weighted by Gasteiger charge is -2.32. The molecule has 0 saturated carbocycles. The van der Waals surface area contributed by atoms with E-state index in [2.05, 4.69) is 21.2 Å². The summed E-state index contributed by atoms with van der Waals surface area (Å²) in [6.45, 7) is 7.05. The normalized spacial score (nSPS) is 12.7. The van der Waals surface area contributed by atoms with Crippen molar-refractivity contribution in [2.45, 2.75) is 57.6 Å². The second-order valence-electron chi connectivity index (χ2n) is 9.53. The third-order valence-corrected chi connectivity index (χ3v) is 8.87. The molecule has 0 fully saturated rings. The number of hydrogen-bond acceptors (Lipinski definition) is 5. The zero-order valence-corrected chi connectivity index (χ0v) is 25.9. The Balaban J connectivity index is 2.02. The lowest BCUT2D eigenvalue weighted by Crippen LogP contribution is -2.52. The average molecular weight is 649 g/mol. The number of carbonyl (C=O) groups is 2. The Morgan fingerprint density at radius 2 is 1.56 bits per heavy atom. The van der Waals surface area contributed by atoms with E-state index < -0.39 is 34.3 Å². The smallest absolute Gasteiger partial charge is 0.264 e. The summed E-state index contributed by atoms with van der Waals surface area (Å²) >= 11 is 3.32. The van der Waals surface area contributed by atoms with Gasteiger partial charge in [-0.2, -0.15) is 0 Å². The minimum atomic E-state index is -4.20. The van der Waals surface area contributed by atoms with E-state index in [0.717, 1.165) is 4.31 Å². The monoisotopic (exact) mass is 647 g/mol. The second-order valence-corrected chi connectivity index (χ2v) is 12.3. The van der Waals surface area contributed by atoms with Gasteiger partial charge in [0.2, 0.25) is 11.8 Å². The third-order valence-electron chi connectivity index (χ3n) is 6.55. The summed E-state index contributed by atoms with van der Waals surface area (Å²) < 4.78 is 48.6. The van der Waals surface area contributed by atoms with Crippen LogP contribution in [0, 0.1) is 5.82 Å². The number of nitrogens with zero attached hydrogens (tertiary/aromatic N) is 2. The molecular weight excluding hydrogens is 613 g/mol. The molecule has 0 unspecified atom stereocenters. The second kappa shape index (κ2) is 14.5. The van der Waals surface area contributed by atoms with E-state index in [0.29, 0.717) is 28.8 Å². The number of halogens is 2. The molecule has 0 saturated heterocycles. The van der Waals surface area contributed by atoms with Gasteiger partial charge in [0, 0.05) is 17.1 Å². The summed E-state index contributed by atoms with van der Waals surface area (Å²) in [6, 6.07) is 17.0. The molecule has 3 aromatic carbocycles. The van der Waals surface area contributed by atoms with Crippen LogP contribution in [0.1, 0.15) is 39.7 Å². The quantitative estimate of drug-likeness (QED) is 0.264. The first kappa shape index (κ1) is 32.1. The van der Waals surface area contributed by atoms with Crippen LogP contribution in [0.5, 0.6) is 5.75 Å². The molecule has 2 atom stereocenters. The van der Waals surface area contributed by atoms with Crippen LogP contribution >= 0.6 is 15.9 Å². The van der Waals surface area contributed by atoms with Gasteiger partial charge in [-0.15, -0.1) is 0 Å². The summed E-state index contributed by atoms with van der Waals surface area (Å²) in [5.74, 6) is -0.859. The van der Waals surface area contributed by atoms with Gasteiger partial charge in [0.05, 0.1) is 17.2 Å². The van der Waals surface area contributed by atoms with Crippen molar-refractivity contribution in [1.82, 2.24) is 10.2 Å². The van der Waals surface area contributed by atoms with Gasteiger partial charge in [-0.25, -0.2) is 12.8 Å². The molecule has 0 aliphatic rings. The van der Waals surface area contributed by atoms with E-state index in [1.165, 1.54) is 41.3 Å². The number of sulfonamides is 1. The maximum Gasteiger partial charge on any atom is 0.264 e. The summed E-state index contributed by atoms with van der Waals surface area (Å²) in [5.41, 5.74) is 0.842. The fraction of sp³-hybridized carbons (Fsp3) is 0.333. The first-order valence-corrected chi connectivity index (χ1v) is 15.5. The van der Waals surface area contributed by atoms with Crippen LogP contribution in [0.3, 0.4) is 0 Å². The number of ether oxygens (including phenoxy) is 1. The largest absolute Gasteiger partial charge is 0.494 e. The predicted octanol–water partition coefficient (Wildman–Crippen LogP) is 5.51. The number of nitrogens with one attached hydrogen (secondary N) is 1. The van der Waals surface area contributed by atoms with Gasteiger partial charge in [0.25, 0.3) is 10.0 Å². The van der Waals surface area contributed by atoms with E-state index >= 15 is 0 Å². The van der Waals surface area contributed by atoms with Crippen LogP contribution in [-0.4, -0.2) is 50.4 Å². The first-order valence-electron chi connectivity index (χ1n) is 13.3. The highest BCUT2D eigenvalue weighted by Gasteiger charge is 2.32. The molecule has 220 valence electrons. The molecule has 8 nitrogen and oxygen atoms in total. The van der Waals surface area contributed by atoms with Crippen LogP contribution in [-0.2, 0) is 26.2 Å². The Morgan fingerprint density at radius 1 is 0.951 bits per heavy atom. The third kappa shape index (κ3) is 8.53. The van der Waals surface area contributed by atoms with Crippen molar-refractivity contribution in [1.29, 1.82) is 0 Å². The van der Waals surface area contributed by atoms with Gasteiger partial charge < -0.3 is 15.0 Å². The van der Waals surface area contributed by atoms with Gasteiger partial charge in [-0.05, 0) is 93.4 Å². The van der Waals surface area contributed by atoms with Crippen molar-refractivity contribution in [2.24, 2.45) is 0 Å². The highest BCUT2D eigenvalue weighted by Crippen LogP contribution is 2.27. The molecule has 0 spiro atoms. The lowest BCUT2D eigenvalue weighted by atomic mass is 10.1. The standard InChI is InChI=1S/C30H35BrFN3O5S/c1-5-21(3)33-30(37)22(4)34(19-23-7-11-25(32)12-8-23)29(36)20-35(26-13-15-27(16-14-26)40-6-2)41(38,39)28-17-9-24(31)10-18-28/h7-18,21-22H,5-6,19-20H2,1-4H3,(H,33,37)/t21-,22+/m0/s1. The number of rotatable bonds is 13. The Kier molecular flexibility index (Phi) is 11.3. The van der Waals surface area contributed by atoms with Crippen LogP contribution in [0.25, 0.3) is 0 Å². The molecule has 3 aromatic rings. The van der Waals surface area contributed by atoms with E-state index in [1.54, 1.807) is 43.3 Å². The minimum absolute atomic E-state index is 0.00460. The summed E-state index contributed by atoms with van der Waals surface area (Å²) in [7, 11) is -4.20. The molecule has 0 aromatic heterocycles. The van der Waals surface area contributed by atoms with E-state index in [4.69, 9.17) is 4.74 Å². The Morgan fingerprint density at radius 3 is 2.12 bits per heavy atom. The molecule has 3 rings (SSSR count). The fourth-order valence-corrected chi connectivity index (χ4v) is 5.65. The summed E-state index contributed by atoms with van der Waals surface area (Å²) in [6.07, 6.45) is 0.696. The highest BCUT2D eigenvalue weighted by atomic mass is 79.9. The number of benzene rings is 3. The maximum atomic E-state index is 13.9. The van der Waals surface area contributed by atoms with Crippen LogP contribution in [0.15, 0.2) is 82.2 Å². The van der Waals surface area contributed by atoms with Crippen molar-refractivity contribution in [3.8, 4) is 5.75 Å². The minimum Gasteiger partial charge on any atom is -0.494 e. The summed E-state index contributed by atoms with van der Waals surface area (Å²) in [5, 5.41) is 2.88. The number of amides is 2. The fourth-order valence-electron chi connectivity index (χ4n) is 3.97. The molecule has 0 aliphatic carbocycles. The van der Waals surface area contributed by atoms with E-state index in [9.17, 15) is 22.4 Å². The Bertz CT molecular complexity index is 1420. The van der Waals surface area contributed by atoms with Gasteiger partial charge in [-0.1, -0.05) is 35.0 Å². The van der Waals surface area contributed by atoms with Crippen LogP contribution < -0.4 is 14.4 Å². The number of anilines is 1. The lowest BCUT2D eigenvalue weighted by molar-refractivity contribution is -0.139. The zero-order valence-electron chi connectivity index (χ0n) is 23.5. The molecular formula is C30H35BrFN3O5S. The predicted molar refractivity (Wildman–Crippen MR) is 161 cm³/mol. The van der Waals surface area contributed by atoms with Gasteiger partial charge >= 0.3 is 0 Å². The van der Waals surface area contributed by atoms with Gasteiger partial charge in [0.15, 0.2) is 0 Å². The van der Waals surface area contributed by atoms with Crippen molar-refractivity contribution < 1.29 is 27.1 Å². The molecule has 0 heterocycles. The topological polar surface area (TPSA) is 96.0 Å². The van der Waals surface area contributed by atoms with E-state index in [1.807, 2.05) is 20.8 Å². The maximum absolute atomic E-state index is 13.9. The van der Waals surface area contributed by atoms with Crippen molar-refractivity contribution in [3.63, 3.8) is 0 Å². The SMILES string of the molecule is CCOc1ccc(N(CC(=O)N(Cc2ccc(F)cc2)[C@H](C)C(=O)N[C@@H](C)CC)S(=O)(=O)c2ccc(Br)cc2)cc1. The van der Waals surface area contributed by atoms with E-state index in [-0.39, 0.29) is 29.1 Å². The van der Waals surface area contributed by atoms with Gasteiger partial charge in [-0.3, -0.25) is 13.9 Å². The van der Waals surface area contributed by atoms with Crippen LogP contribution in [0.4, 0.5) is 10.1 Å². The molecule has 11 heteroatoms. The van der Waals surface area contributed by atoms with Crippen molar-refractivity contribution in [2.75, 3.05) is 17.5 Å². The Hall–Kier alpha value is -3.44. The molecule has 0 radical (unpaired) electrons. The van der Waals surface area contributed by atoms with Crippen LogP contribution in [0.2, 0.25) is 0 Å². The van der Waals surface area contributed by atoms with Gasteiger partial charge in [0.1, 0.15) is 24.2 Å². The molecule has 0 bridgehead atoms. The molecule has 2 amide bonds. The molecule has 1 N–H and O–H groups in total. The number of hydrogen-bond donors (Lipinski definition) is 1. The highest BCUT2D eigenvalue weighted by molar-refractivity contribution is 9.10. The molecule has 41 heavy (non-hydrogen) atoms. The first-order chi connectivity index (χ1) is 19.5.